The van der Waals surface area contributed by atoms with Crippen molar-refractivity contribution in [2.45, 2.75) is 22.4 Å². The van der Waals surface area contributed by atoms with Crippen molar-refractivity contribution < 1.29 is 18.3 Å². The first-order valence-electron chi connectivity index (χ1n) is 10.2. The number of para-hydroxylation sites is 1. The van der Waals surface area contributed by atoms with Gasteiger partial charge in [-0.25, -0.2) is 0 Å². The van der Waals surface area contributed by atoms with Gasteiger partial charge in [-0.1, -0.05) is 36.1 Å². The lowest BCUT2D eigenvalue weighted by Gasteiger charge is -2.37. The molecule has 2 aliphatic rings. The summed E-state index contributed by atoms with van der Waals surface area (Å²) in [6, 6.07) is 11.7. The van der Waals surface area contributed by atoms with Crippen molar-refractivity contribution >= 4 is 40.3 Å². The molecule has 0 atom stereocenters. The second-order valence-electron chi connectivity index (χ2n) is 7.60. The lowest BCUT2D eigenvalue weighted by molar-refractivity contribution is -0.137. The Labute approximate surface area is 189 Å². The Kier molecular flexibility index (Phi) is 6.76. The molecule has 9 heteroatoms. The Morgan fingerprint density at radius 1 is 0.968 bits per heavy atom. The summed E-state index contributed by atoms with van der Waals surface area (Å²) in [5, 5.41) is 9.09. The Morgan fingerprint density at radius 2 is 1.68 bits per heavy atom. The van der Waals surface area contributed by atoms with Crippen molar-refractivity contribution in [3.63, 3.8) is 0 Å². The fraction of sp³-hybridized carbons (Fsp3) is 0.409. The molecule has 1 fully saturated rings. The molecule has 166 valence electrons. The second-order valence-corrected chi connectivity index (χ2v) is 9.15. The van der Waals surface area contributed by atoms with Gasteiger partial charge in [0.05, 0.1) is 28.5 Å². The molecule has 2 aromatic rings. The van der Waals surface area contributed by atoms with Crippen molar-refractivity contribution in [3.8, 4) is 0 Å². The molecule has 1 N–H and O–H groups in total. The van der Waals surface area contributed by atoms with E-state index in [0.717, 1.165) is 52.7 Å². The van der Waals surface area contributed by atoms with Crippen LogP contribution in [0.25, 0.3) is 0 Å². The lowest BCUT2D eigenvalue weighted by Crippen LogP contribution is -2.49. The second kappa shape index (κ2) is 9.36. The van der Waals surface area contributed by atoms with E-state index in [1.807, 2.05) is 29.2 Å². The monoisotopic (exact) mass is 467 g/mol. The van der Waals surface area contributed by atoms with Gasteiger partial charge < -0.3 is 14.9 Å². The molecule has 0 spiro atoms. The third kappa shape index (κ3) is 5.00. The third-order valence-electron chi connectivity index (χ3n) is 5.64. The molecule has 2 aliphatic heterocycles. The molecule has 2 aromatic carbocycles. The number of aliphatic hydroxyl groups excluding tert-OH is 1. The largest absolute Gasteiger partial charge is 0.416 e. The summed E-state index contributed by atoms with van der Waals surface area (Å²) in [5.41, 5.74) is 0.850. The molecule has 0 radical (unpaired) electrons. The zero-order chi connectivity index (χ0) is 22.0. The smallest absolute Gasteiger partial charge is 0.395 e. The Morgan fingerprint density at radius 3 is 2.39 bits per heavy atom. The number of thiocarbonyl (C=S) groups is 1. The Hall–Kier alpha value is -1.81. The molecule has 0 amide bonds. The summed E-state index contributed by atoms with van der Waals surface area (Å²) >= 11 is 7.17. The summed E-state index contributed by atoms with van der Waals surface area (Å²) in [4.78, 5) is 9.00. The van der Waals surface area contributed by atoms with E-state index in [1.165, 1.54) is 17.8 Å². The maximum absolute atomic E-state index is 13.4. The first-order chi connectivity index (χ1) is 14.9. The van der Waals surface area contributed by atoms with E-state index in [-0.39, 0.29) is 6.61 Å². The number of rotatable bonds is 5. The number of fused-ring (bicyclic) bond motifs is 2. The standard InChI is InChI=1S/C22H24F3N3OS2/c23-22(24,25)16-5-6-20-18(15-16)28(17-3-1-2-4-19(17)31-20)8-7-21(30)27-11-9-26(10-12-27)13-14-29/h1-6,15,29H,7-14H2. The van der Waals surface area contributed by atoms with Gasteiger partial charge in [-0.05, 0) is 30.3 Å². The molecule has 0 aromatic heterocycles. The van der Waals surface area contributed by atoms with Gasteiger partial charge in [-0.15, -0.1) is 0 Å². The summed E-state index contributed by atoms with van der Waals surface area (Å²) in [7, 11) is 0. The average molecular weight is 468 g/mol. The normalized spacial score (nSPS) is 16.8. The average Bonchev–Trinajstić information content (AvgIpc) is 2.76. The predicted octanol–water partition coefficient (Wildman–Crippen LogP) is 4.64. The molecular formula is C22H24F3N3OS2. The number of piperazine rings is 1. The number of hydrogen-bond donors (Lipinski definition) is 1. The molecule has 0 unspecified atom stereocenters. The van der Waals surface area contributed by atoms with E-state index in [1.54, 1.807) is 6.07 Å². The van der Waals surface area contributed by atoms with Gasteiger partial charge in [0.1, 0.15) is 0 Å². The molecular weight excluding hydrogens is 443 g/mol. The van der Waals surface area contributed by atoms with Crippen molar-refractivity contribution in [2.75, 3.05) is 50.8 Å². The highest BCUT2D eigenvalue weighted by atomic mass is 32.2. The summed E-state index contributed by atoms with van der Waals surface area (Å²) in [5.74, 6) is 0. The number of anilines is 2. The van der Waals surface area contributed by atoms with Crippen LogP contribution >= 0.6 is 24.0 Å². The minimum absolute atomic E-state index is 0.149. The topological polar surface area (TPSA) is 30.0 Å². The van der Waals surface area contributed by atoms with Crippen LogP contribution in [0.4, 0.5) is 24.5 Å². The first-order valence-corrected chi connectivity index (χ1v) is 11.5. The molecule has 4 rings (SSSR count). The Balaban J connectivity index is 1.52. The number of nitrogens with zero attached hydrogens (tertiary/aromatic N) is 3. The van der Waals surface area contributed by atoms with Gasteiger partial charge >= 0.3 is 6.18 Å². The number of halogens is 3. The molecule has 2 heterocycles. The van der Waals surface area contributed by atoms with Crippen molar-refractivity contribution in [1.29, 1.82) is 0 Å². The number of benzene rings is 2. The molecule has 4 nitrogen and oxygen atoms in total. The highest BCUT2D eigenvalue weighted by molar-refractivity contribution is 7.99. The van der Waals surface area contributed by atoms with E-state index in [4.69, 9.17) is 17.3 Å². The first kappa shape index (κ1) is 22.4. The van der Waals surface area contributed by atoms with Crippen molar-refractivity contribution in [1.82, 2.24) is 9.80 Å². The number of hydrogen-bond acceptors (Lipinski definition) is 5. The predicted molar refractivity (Wildman–Crippen MR) is 121 cm³/mol. The van der Waals surface area contributed by atoms with E-state index in [0.29, 0.717) is 25.2 Å². The Bertz CT molecular complexity index is 946. The maximum atomic E-state index is 13.4. The van der Waals surface area contributed by atoms with Crippen molar-refractivity contribution in [2.24, 2.45) is 0 Å². The molecule has 0 bridgehead atoms. The van der Waals surface area contributed by atoms with Gasteiger partial charge in [0.25, 0.3) is 0 Å². The van der Waals surface area contributed by atoms with Gasteiger partial charge in [0.15, 0.2) is 0 Å². The van der Waals surface area contributed by atoms with Crippen LogP contribution < -0.4 is 4.90 Å². The SMILES string of the molecule is OCCN1CCN(C(=S)CCN2c3ccccc3Sc3ccc(C(F)(F)F)cc32)CC1. The fourth-order valence-electron chi connectivity index (χ4n) is 3.97. The highest BCUT2D eigenvalue weighted by Gasteiger charge is 2.33. The zero-order valence-electron chi connectivity index (χ0n) is 16.9. The highest BCUT2D eigenvalue weighted by Crippen LogP contribution is 2.49. The van der Waals surface area contributed by atoms with Crippen LogP contribution in [0.1, 0.15) is 12.0 Å². The van der Waals surface area contributed by atoms with Crippen LogP contribution in [0.15, 0.2) is 52.3 Å². The van der Waals surface area contributed by atoms with Crippen LogP contribution in [0.2, 0.25) is 0 Å². The zero-order valence-corrected chi connectivity index (χ0v) is 18.6. The minimum atomic E-state index is -4.38. The van der Waals surface area contributed by atoms with Crippen molar-refractivity contribution in [3.05, 3.63) is 48.0 Å². The molecule has 1 saturated heterocycles. The third-order valence-corrected chi connectivity index (χ3v) is 7.24. The molecule has 0 aliphatic carbocycles. The quantitative estimate of drug-likeness (QED) is 0.645. The summed E-state index contributed by atoms with van der Waals surface area (Å²) in [6.45, 7) is 4.64. The van der Waals surface area contributed by atoms with Crippen LogP contribution in [0.5, 0.6) is 0 Å². The summed E-state index contributed by atoms with van der Waals surface area (Å²) in [6.07, 6.45) is -3.80. The van der Waals surface area contributed by atoms with Gasteiger partial charge in [-0.3, -0.25) is 4.90 Å². The van der Waals surface area contributed by atoms with Crippen LogP contribution in [0.3, 0.4) is 0 Å². The van der Waals surface area contributed by atoms with E-state index < -0.39 is 11.7 Å². The van der Waals surface area contributed by atoms with Crippen LogP contribution in [0, 0.1) is 0 Å². The van der Waals surface area contributed by atoms with Crippen LogP contribution in [-0.4, -0.2) is 65.8 Å². The molecule has 0 saturated carbocycles. The van der Waals surface area contributed by atoms with Crippen LogP contribution in [-0.2, 0) is 6.18 Å². The van der Waals surface area contributed by atoms with E-state index in [9.17, 15) is 13.2 Å². The minimum Gasteiger partial charge on any atom is -0.395 e. The summed E-state index contributed by atoms with van der Waals surface area (Å²) < 4.78 is 40.1. The lowest BCUT2D eigenvalue weighted by atomic mass is 10.1. The number of β-amino-alcohol motifs (C(OH)–C–C–N with tert-alkyl or cyclic N) is 1. The van der Waals surface area contributed by atoms with Gasteiger partial charge in [-0.2, -0.15) is 13.2 Å². The number of alkyl halides is 3. The van der Waals surface area contributed by atoms with E-state index in [2.05, 4.69) is 9.80 Å². The fourth-order valence-corrected chi connectivity index (χ4v) is 5.32. The molecule has 31 heavy (non-hydrogen) atoms. The maximum Gasteiger partial charge on any atom is 0.416 e. The van der Waals surface area contributed by atoms with Gasteiger partial charge in [0, 0.05) is 55.5 Å². The number of aliphatic hydroxyl groups is 1. The van der Waals surface area contributed by atoms with Gasteiger partial charge in [0.2, 0.25) is 0 Å². The van der Waals surface area contributed by atoms with E-state index >= 15 is 0 Å².